The number of amides is 1. The Bertz CT molecular complexity index is 487. The normalized spacial score (nSPS) is 11.8. The van der Waals surface area contributed by atoms with Crippen LogP contribution in [0.4, 0.5) is 19.1 Å². The smallest absolute Gasteiger partial charge is 0.347 e. The summed E-state index contributed by atoms with van der Waals surface area (Å²) in [5.41, 5.74) is 0. The van der Waals surface area contributed by atoms with Gasteiger partial charge in [0.05, 0.1) is 5.75 Å². The van der Waals surface area contributed by atoms with Crippen LogP contribution in [0.1, 0.15) is 19.9 Å². The highest BCUT2D eigenvalue weighted by molar-refractivity contribution is 7.99. The average Bonchev–Trinajstić information content (AvgIpc) is 2.77. The maximum atomic E-state index is 12.0. The van der Waals surface area contributed by atoms with Crippen LogP contribution in [0.2, 0.25) is 0 Å². The summed E-state index contributed by atoms with van der Waals surface area (Å²) in [7, 11) is 3.63. The average molecular weight is 325 g/mol. The largest absolute Gasteiger partial charge is 0.405 e. The molecule has 1 heterocycles. The molecular weight excluding hydrogens is 307 g/mol. The Hall–Kier alpha value is -1.45. The van der Waals surface area contributed by atoms with Gasteiger partial charge in [-0.25, -0.2) is 0 Å². The van der Waals surface area contributed by atoms with E-state index in [1.165, 1.54) is 0 Å². The van der Waals surface area contributed by atoms with E-state index in [1.807, 2.05) is 37.8 Å². The number of thioether (sulfide) groups is 1. The van der Waals surface area contributed by atoms with Crippen LogP contribution >= 0.6 is 11.8 Å². The van der Waals surface area contributed by atoms with Crippen molar-refractivity contribution in [2.24, 2.45) is 0 Å². The molecule has 0 saturated carbocycles. The second kappa shape index (κ2) is 7.01. The van der Waals surface area contributed by atoms with Gasteiger partial charge >= 0.3 is 6.18 Å². The molecule has 0 atom stereocenters. The summed E-state index contributed by atoms with van der Waals surface area (Å²) in [6, 6.07) is 0.0677. The highest BCUT2D eigenvalue weighted by Crippen LogP contribution is 2.25. The van der Waals surface area contributed by atoms with E-state index < -0.39 is 18.6 Å². The number of anilines is 1. The predicted octanol–water partition coefficient (Wildman–Crippen LogP) is 1.70. The van der Waals surface area contributed by atoms with Crippen LogP contribution in [-0.2, 0) is 4.79 Å². The lowest BCUT2D eigenvalue weighted by molar-refractivity contribution is -0.136. The van der Waals surface area contributed by atoms with E-state index in [4.69, 9.17) is 0 Å². The molecule has 6 nitrogen and oxygen atoms in total. The third kappa shape index (κ3) is 5.44. The SMILES string of the molecule is CC(C)n1c(SCC(=O)NCC(F)(F)F)nnc1N(C)C. The lowest BCUT2D eigenvalue weighted by Crippen LogP contribution is -2.34. The van der Waals surface area contributed by atoms with Crippen molar-refractivity contribution >= 4 is 23.6 Å². The van der Waals surface area contributed by atoms with Crippen LogP contribution in [0.5, 0.6) is 0 Å². The number of carbonyl (C=O) groups is 1. The van der Waals surface area contributed by atoms with E-state index in [0.717, 1.165) is 11.8 Å². The van der Waals surface area contributed by atoms with Crippen LogP contribution in [0, 0.1) is 0 Å². The molecule has 1 aromatic heterocycles. The molecule has 0 fully saturated rings. The quantitative estimate of drug-likeness (QED) is 0.807. The number of carbonyl (C=O) groups excluding carboxylic acids is 1. The Kier molecular flexibility index (Phi) is 5.87. The number of hydrogen-bond acceptors (Lipinski definition) is 5. The molecule has 0 unspecified atom stereocenters. The molecular formula is C11H18F3N5OS. The molecule has 1 aromatic rings. The highest BCUT2D eigenvalue weighted by atomic mass is 32.2. The van der Waals surface area contributed by atoms with Crippen LogP contribution in [0.25, 0.3) is 0 Å². The number of nitrogens with one attached hydrogen (secondary N) is 1. The summed E-state index contributed by atoms with van der Waals surface area (Å²) >= 11 is 1.06. The zero-order valence-electron chi connectivity index (χ0n) is 12.2. The molecule has 0 aromatic carbocycles. The number of rotatable bonds is 6. The molecule has 0 spiro atoms. The second-order valence-electron chi connectivity index (χ2n) is 4.82. The van der Waals surface area contributed by atoms with Gasteiger partial charge in [-0.15, -0.1) is 10.2 Å². The van der Waals surface area contributed by atoms with E-state index >= 15 is 0 Å². The first-order valence-electron chi connectivity index (χ1n) is 6.20. The Morgan fingerprint density at radius 3 is 2.48 bits per heavy atom. The van der Waals surface area contributed by atoms with Crippen LogP contribution in [0.15, 0.2) is 5.16 Å². The fourth-order valence-electron chi connectivity index (χ4n) is 1.50. The monoisotopic (exact) mass is 325 g/mol. The maximum absolute atomic E-state index is 12.0. The molecule has 0 aliphatic rings. The molecule has 1 amide bonds. The Morgan fingerprint density at radius 1 is 1.38 bits per heavy atom. The third-order valence-corrected chi connectivity index (χ3v) is 3.32. The van der Waals surface area contributed by atoms with Gasteiger partial charge in [-0.3, -0.25) is 9.36 Å². The molecule has 0 saturated heterocycles. The molecule has 21 heavy (non-hydrogen) atoms. The first-order chi connectivity index (χ1) is 9.61. The molecule has 1 N–H and O–H groups in total. The van der Waals surface area contributed by atoms with E-state index in [9.17, 15) is 18.0 Å². The number of aromatic nitrogens is 3. The summed E-state index contributed by atoms with van der Waals surface area (Å²) in [6.07, 6.45) is -4.41. The summed E-state index contributed by atoms with van der Waals surface area (Å²) < 4.78 is 37.8. The number of alkyl halides is 3. The lowest BCUT2D eigenvalue weighted by atomic mass is 10.4. The predicted molar refractivity (Wildman–Crippen MR) is 74.5 cm³/mol. The van der Waals surface area contributed by atoms with Crippen molar-refractivity contribution in [3.63, 3.8) is 0 Å². The molecule has 0 aliphatic heterocycles. The van der Waals surface area contributed by atoms with Gasteiger partial charge in [-0.05, 0) is 13.8 Å². The van der Waals surface area contributed by atoms with Crippen LogP contribution in [0.3, 0.4) is 0 Å². The van der Waals surface area contributed by atoms with Gasteiger partial charge in [0.1, 0.15) is 6.54 Å². The van der Waals surface area contributed by atoms with Crippen molar-refractivity contribution in [3.05, 3.63) is 0 Å². The third-order valence-electron chi connectivity index (χ3n) is 2.38. The minimum atomic E-state index is -4.41. The van der Waals surface area contributed by atoms with Crippen LogP contribution in [-0.4, -0.2) is 53.2 Å². The Balaban J connectivity index is 2.65. The number of hydrogen-bond donors (Lipinski definition) is 1. The first-order valence-corrected chi connectivity index (χ1v) is 7.19. The van der Waals surface area contributed by atoms with Crippen molar-refractivity contribution in [2.45, 2.75) is 31.2 Å². The van der Waals surface area contributed by atoms with Gasteiger partial charge in [0, 0.05) is 20.1 Å². The van der Waals surface area contributed by atoms with Gasteiger partial charge in [0.2, 0.25) is 11.9 Å². The van der Waals surface area contributed by atoms with Crippen molar-refractivity contribution in [3.8, 4) is 0 Å². The molecule has 0 aliphatic carbocycles. The summed E-state index contributed by atoms with van der Waals surface area (Å²) in [5, 5.41) is 10.3. The standard InChI is InChI=1S/C11H18F3N5OS/c1-7(2)19-9(18(3)4)16-17-10(19)21-5-8(20)15-6-11(12,13)14/h7H,5-6H2,1-4H3,(H,15,20). The second-order valence-corrected chi connectivity index (χ2v) is 5.76. The van der Waals surface area contributed by atoms with Gasteiger partial charge in [-0.2, -0.15) is 13.2 Å². The Labute approximate surface area is 125 Å². The van der Waals surface area contributed by atoms with Gasteiger partial charge in [0.25, 0.3) is 0 Å². The van der Waals surface area contributed by atoms with Gasteiger partial charge in [0.15, 0.2) is 5.16 Å². The van der Waals surface area contributed by atoms with E-state index in [-0.39, 0.29) is 11.8 Å². The molecule has 0 radical (unpaired) electrons. The Morgan fingerprint density at radius 2 is 2.00 bits per heavy atom. The summed E-state index contributed by atoms with van der Waals surface area (Å²) in [5.74, 6) is -0.209. The minimum absolute atomic E-state index is 0.0677. The molecule has 1 rings (SSSR count). The fraction of sp³-hybridized carbons (Fsp3) is 0.727. The minimum Gasteiger partial charge on any atom is -0.347 e. The zero-order valence-corrected chi connectivity index (χ0v) is 13.0. The summed E-state index contributed by atoms with van der Waals surface area (Å²) in [4.78, 5) is 13.2. The zero-order chi connectivity index (χ0) is 16.2. The van der Waals surface area contributed by atoms with Crippen molar-refractivity contribution in [1.82, 2.24) is 20.1 Å². The van der Waals surface area contributed by atoms with Gasteiger partial charge < -0.3 is 10.2 Å². The van der Waals surface area contributed by atoms with E-state index in [2.05, 4.69) is 10.2 Å². The van der Waals surface area contributed by atoms with E-state index in [0.29, 0.717) is 11.1 Å². The highest BCUT2D eigenvalue weighted by Gasteiger charge is 2.27. The molecule has 120 valence electrons. The molecule has 0 bridgehead atoms. The maximum Gasteiger partial charge on any atom is 0.405 e. The molecule has 10 heteroatoms. The topological polar surface area (TPSA) is 63.1 Å². The fourth-order valence-corrected chi connectivity index (χ4v) is 2.40. The van der Waals surface area contributed by atoms with Crippen molar-refractivity contribution in [2.75, 3.05) is 31.3 Å². The van der Waals surface area contributed by atoms with Crippen molar-refractivity contribution in [1.29, 1.82) is 0 Å². The number of nitrogens with zero attached hydrogens (tertiary/aromatic N) is 4. The summed E-state index contributed by atoms with van der Waals surface area (Å²) in [6.45, 7) is 2.54. The first kappa shape index (κ1) is 17.6. The van der Waals surface area contributed by atoms with Gasteiger partial charge in [-0.1, -0.05) is 11.8 Å². The van der Waals surface area contributed by atoms with E-state index in [1.54, 1.807) is 4.90 Å². The number of halogens is 3. The lowest BCUT2D eigenvalue weighted by Gasteiger charge is -2.17. The van der Waals surface area contributed by atoms with Crippen molar-refractivity contribution < 1.29 is 18.0 Å². The van der Waals surface area contributed by atoms with Crippen LogP contribution < -0.4 is 10.2 Å².